The van der Waals surface area contributed by atoms with Gasteiger partial charge >= 0.3 is 0 Å². The van der Waals surface area contributed by atoms with E-state index < -0.39 is 35.5 Å². The average molecular weight is 376 g/mol. The van der Waals surface area contributed by atoms with Crippen LogP contribution in [0.2, 0.25) is 0 Å². The van der Waals surface area contributed by atoms with Crippen molar-refractivity contribution in [3.05, 3.63) is 48.0 Å². The fourth-order valence-corrected chi connectivity index (χ4v) is 4.01. The molecule has 0 bridgehead atoms. The Morgan fingerprint density at radius 3 is 2.00 bits per heavy atom. The van der Waals surface area contributed by atoms with E-state index in [1.54, 1.807) is 4.57 Å². The number of carbonyl (C=O) groups excluding carboxylic acids is 1. The molecule has 0 radical (unpaired) electrons. The first-order valence-electron chi connectivity index (χ1n) is 8.74. The molecule has 4 nitrogen and oxygen atoms in total. The summed E-state index contributed by atoms with van der Waals surface area (Å²) in [6.07, 6.45) is -2.49. The van der Waals surface area contributed by atoms with E-state index in [4.69, 9.17) is 0 Å². The Hall–Kier alpha value is -2.54. The van der Waals surface area contributed by atoms with E-state index in [1.165, 1.54) is 55.1 Å². The van der Waals surface area contributed by atoms with Crippen LogP contribution >= 0.6 is 0 Å². The van der Waals surface area contributed by atoms with Gasteiger partial charge in [-0.1, -0.05) is 0 Å². The van der Waals surface area contributed by atoms with E-state index in [2.05, 4.69) is 0 Å². The van der Waals surface area contributed by atoms with Crippen LogP contribution in [-0.4, -0.2) is 38.8 Å². The molecule has 2 heterocycles. The SMILES string of the molecule is CC(C)(O)[C@H](N1CCC(F)C1=O)n1c2ccc(F)cc2c2cc(F)ccc21. The fourth-order valence-electron chi connectivity index (χ4n) is 4.01. The molecule has 1 amide bonds. The van der Waals surface area contributed by atoms with Gasteiger partial charge in [-0.15, -0.1) is 0 Å². The molecule has 27 heavy (non-hydrogen) atoms. The molecule has 0 aliphatic carbocycles. The molecule has 1 aliphatic rings. The second-order valence-electron chi connectivity index (χ2n) is 7.51. The Morgan fingerprint density at radius 2 is 1.59 bits per heavy atom. The summed E-state index contributed by atoms with van der Waals surface area (Å²) in [4.78, 5) is 13.7. The summed E-state index contributed by atoms with van der Waals surface area (Å²) in [6, 6.07) is 8.15. The highest BCUT2D eigenvalue weighted by atomic mass is 19.1. The van der Waals surface area contributed by atoms with E-state index in [9.17, 15) is 23.1 Å². The smallest absolute Gasteiger partial charge is 0.258 e. The Kier molecular flexibility index (Phi) is 3.96. The first-order chi connectivity index (χ1) is 12.7. The van der Waals surface area contributed by atoms with E-state index in [0.717, 1.165) is 0 Å². The molecule has 1 fully saturated rings. The summed E-state index contributed by atoms with van der Waals surface area (Å²) in [7, 11) is 0. The van der Waals surface area contributed by atoms with E-state index in [0.29, 0.717) is 21.8 Å². The van der Waals surface area contributed by atoms with E-state index >= 15 is 0 Å². The molecule has 1 N–H and O–H groups in total. The van der Waals surface area contributed by atoms with Crippen molar-refractivity contribution < 1.29 is 23.1 Å². The van der Waals surface area contributed by atoms with Gasteiger partial charge in [-0.2, -0.15) is 0 Å². The third-order valence-electron chi connectivity index (χ3n) is 5.07. The van der Waals surface area contributed by atoms with Gasteiger partial charge in [0, 0.05) is 23.7 Å². The third kappa shape index (κ3) is 2.77. The number of hydrogen-bond acceptors (Lipinski definition) is 2. The molecule has 2 atom stereocenters. The molecule has 1 unspecified atom stereocenters. The number of benzene rings is 2. The van der Waals surface area contributed by atoms with Gasteiger partial charge in [0.05, 0.1) is 16.6 Å². The van der Waals surface area contributed by atoms with Gasteiger partial charge in [0.1, 0.15) is 17.8 Å². The number of alkyl halides is 1. The Morgan fingerprint density at radius 1 is 1.07 bits per heavy atom. The monoisotopic (exact) mass is 376 g/mol. The highest BCUT2D eigenvalue weighted by Gasteiger charge is 2.43. The number of fused-ring (bicyclic) bond motifs is 3. The first kappa shape index (κ1) is 17.9. The zero-order chi connectivity index (χ0) is 19.5. The van der Waals surface area contributed by atoms with Gasteiger partial charge < -0.3 is 14.6 Å². The second-order valence-corrected chi connectivity index (χ2v) is 7.51. The molecule has 7 heteroatoms. The van der Waals surface area contributed by atoms with Crippen LogP contribution in [0.15, 0.2) is 36.4 Å². The van der Waals surface area contributed by atoms with Crippen LogP contribution in [0.3, 0.4) is 0 Å². The molecular formula is C20H19F3N2O2. The van der Waals surface area contributed by atoms with Gasteiger partial charge in [0.15, 0.2) is 6.17 Å². The van der Waals surface area contributed by atoms with Crippen molar-refractivity contribution in [2.24, 2.45) is 0 Å². The molecule has 4 rings (SSSR count). The molecule has 0 spiro atoms. The summed E-state index contributed by atoms with van der Waals surface area (Å²) in [6.45, 7) is 3.21. The van der Waals surface area contributed by atoms with Crippen LogP contribution in [0.4, 0.5) is 13.2 Å². The number of halogens is 3. The van der Waals surface area contributed by atoms with Crippen molar-refractivity contribution in [2.45, 2.75) is 38.2 Å². The van der Waals surface area contributed by atoms with Crippen LogP contribution in [0, 0.1) is 11.6 Å². The lowest BCUT2D eigenvalue weighted by Crippen LogP contribution is -2.47. The summed E-state index contributed by atoms with van der Waals surface area (Å²) >= 11 is 0. The molecule has 142 valence electrons. The summed E-state index contributed by atoms with van der Waals surface area (Å²) in [5.74, 6) is -1.65. The topological polar surface area (TPSA) is 45.5 Å². The minimum atomic E-state index is -1.61. The zero-order valence-electron chi connectivity index (χ0n) is 14.9. The number of nitrogens with zero attached hydrogens (tertiary/aromatic N) is 2. The Bertz CT molecular complexity index is 995. The normalized spacial score (nSPS) is 19.4. The van der Waals surface area contributed by atoms with Crippen LogP contribution in [0.1, 0.15) is 26.4 Å². The lowest BCUT2D eigenvalue weighted by atomic mass is 10.0. The molecule has 0 saturated carbocycles. The van der Waals surface area contributed by atoms with Crippen molar-refractivity contribution in [1.29, 1.82) is 0 Å². The highest BCUT2D eigenvalue weighted by Crippen LogP contribution is 2.39. The molecule has 3 aromatic rings. The number of carbonyl (C=O) groups is 1. The standard InChI is InChI=1S/C20H19F3N2O2/c1-20(2,27)19(24-8-7-15(23)18(24)26)25-16-5-3-11(21)9-13(16)14-10-12(22)4-6-17(14)25/h3-6,9-10,15,19,27H,7-8H2,1-2H3/t15?,19-/m1/s1. The Labute approximate surface area is 153 Å². The van der Waals surface area contributed by atoms with E-state index in [1.807, 2.05) is 0 Å². The summed E-state index contributed by atoms with van der Waals surface area (Å²) in [5, 5.41) is 11.8. The highest BCUT2D eigenvalue weighted by molar-refractivity contribution is 6.08. The lowest BCUT2D eigenvalue weighted by molar-refractivity contribution is -0.142. The number of rotatable bonds is 3. The van der Waals surface area contributed by atoms with Gasteiger partial charge in [-0.3, -0.25) is 4.79 Å². The van der Waals surface area contributed by atoms with Crippen molar-refractivity contribution in [3.63, 3.8) is 0 Å². The number of likely N-dealkylation sites (tertiary alicyclic amines) is 1. The molecule has 2 aromatic carbocycles. The van der Waals surface area contributed by atoms with Crippen molar-refractivity contribution in [2.75, 3.05) is 6.54 Å². The Balaban J connectivity index is 2.06. The third-order valence-corrected chi connectivity index (χ3v) is 5.07. The second kappa shape index (κ2) is 5.99. The number of aliphatic hydroxyl groups is 1. The van der Waals surface area contributed by atoms with Gasteiger partial charge in [0.2, 0.25) is 0 Å². The summed E-state index contributed by atoms with van der Waals surface area (Å²) < 4.78 is 43.3. The maximum Gasteiger partial charge on any atom is 0.258 e. The minimum absolute atomic E-state index is 0.0474. The minimum Gasteiger partial charge on any atom is -0.386 e. The quantitative estimate of drug-likeness (QED) is 0.753. The zero-order valence-corrected chi connectivity index (χ0v) is 14.9. The summed E-state index contributed by atoms with van der Waals surface area (Å²) in [5.41, 5.74) is -0.375. The van der Waals surface area contributed by atoms with Crippen molar-refractivity contribution in [1.82, 2.24) is 9.47 Å². The van der Waals surface area contributed by atoms with Crippen LogP contribution < -0.4 is 0 Å². The number of aromatic nitrogens is 1. The fraction of sp³-hybridized carbons (Fsp3) is 0.350. The van der Waals surface area contributed by atoms with Crippen molar-refractivity contribution in [3.8, 4) is 0 Å². The molecule has 1 saturated heterocycles. The number of hydrogen-bond donors (Lipinski definition) is 1. The van der Waals surface area contributed by atoms with Gasteiger partial charge in [-0.05, 0) is 50.2 Å². The maximum absolute atomic E-state index is 13.9. The van der Waals surface area contributed by atoms with Gasteiger partial charge in [-0.25, -0.2) is 13.2 Å². The van der Waals surface area contributed by atoms with Crippen LogP contribution in [0.5, 0.6) is 0 Å². The predicted octanol–water partition coefficient (Wildman–Crippen LogP) is 3.91. The molecular weight excluding hydrogens is 357 g/mol. The van der Waals surface area contributed by atoms with Crippen LogP contribution in [-0.2, 0) is 4.79 Å². The predicted molar refractivity (Wildman–Crippen MR) is 95.9 cm³/mol. The molecule has 1 aromatic heterocycles. The van der Waals surface area contributed by atoms with Crippen LogP contribution in [0.25, 0.3) is 21.8 Å². The lowest BCUT2D eigenvalue weighted by Gasteiger charge is -2.38. The molecule has 1 aliphatic heterocycles. The maximum atomic E-state index is 13.9. The average Bonchev–Trinajstić information content (AvgIpc) is 3.06. The van der Waals surface area contributed by atoms with Gasteiger partial charge in [0.25, 0.3) is 5.91 Å². The first-order valence-corrected chi connectivity index (χ1v) is 8.74. The van der Waals surface area contributed by atoms with E-state index in [-0.39, 0.29) is 13.0 Å². The van der Waals surface area contributed by atoms with Crippen molar-refractivity contribution >= 4 is 27.7 Å². The number of amides is 1. The largest absolute Gasteiger partial charge is 0.386 e.